The molecule has 2 fully saturated rings. The predicted octanol–water partition coefficient (Wildman–Crippen LogP) is 4.43. The summed E-state index contributed by atoms with van der Waals surface area (Å²) in [6.07, 6.45) is 7.73. The minimum Gasteiger partial charge on any atom is -0.383 e. The second-order valence-corrected chi connectivity index (χ2v) is 6.60. The van der Waals surface area contributed by atoms with Crippen LogP contribution in [0.2, 0.25) is 0 Å². The molecule has 2 saturated carbocycles. The molecule has 21 heavy (non-hydrogen) atoms. The third-order valence-corrected chi connectivity index (χ3v) is 5.01. The first-order valence-corrected chi connectivity index (χ1v) is 8.19. The van der Waals surface area contributed by atoms with E-state index in [4.69, 9.17) is 10.7 Å². The predicted molar refractivity (Wildman–Crippen MR) is 86.3 cm³/mol. The Morgan fingerprint density at radius 1 is 1.10 bits per heavy atom. The molecule has 0 aliphatic heterocycles. The Kier molecular flexibility index (Phi) is 3.02. The lowest BCUT2D eigenvalue weighted by Gasteiger charge is -2.12. The minimum atomic E-state index is 0.603. The van der Waals surface area contributed by atoms with Gasteiger partial charge in [0.2, 0.25) is 0 Å². The van der Waals surface area contributed by atoms with Crippen molar-refractivity contribution in [3.05, 3.63) is 35.7 Å². The first-order valence-electron chi connectivity index (χ1n) is 8.19. The molecule has 1 heterocycles. The molecule has 4 rings (SSSR count). The highest BCUT2D eigenvalue weighted by molar-refractivity contribution is 5.74. The quantitative estimate of drug-likeness (QED) is 0.904. The Balaban J connectivity index is 1.85. The molecule has 0 saturated heterocycles. The number of imidazole rings is 1. The molecular weight excluding hydrogens is 258 g/mol. The number of benzene rings is 1. The van der Waals surface area contributed by atoms with E-state index in [0.29, 0.717) is 12.0 Å². The van der Waals surface area contributed by atoms with Crippen molar-refractivity contribution in [2.75, 3.05) is 5.73 Å². The maximum Gasteiger partial charge on any atom is 0.132 e. The summed E-state index contributed by atoms with van der Waals surface area (Å²) in [7, 11) is 0. The number of rotatable bonds is 3. The molecule has 2 aliphatic carbocycles. The average Bonchev–Trinajstić information content (AvgIpc) is 3.05. The highest BCUT2D eigenvalue weighted by Crippen LogP contribution is 2.45. The third-order valence-electron chi connectivity index (χ3n) is 5.01. The fourth-order valence-corrected chi connectivity index (χ4v) is 3.69. The summed E-state index contributed by atoms with van der Waals surface area (Å²) >= 11 is 0. The van der Waals surface area contributed by atoms with Crippen LogP contribution in [-0.4, -0.2) is 9.55 Å². The van der Waals surface area contributed by atoms with Gasteiger partial charge in [-0.15, -0.1) is 0 Å². The van der Waals surface area contributed by atoms with Crippen molar-refractivity contribution in [3.8, 4) is 11.3 Å². The second-order valence-electron chi connectivity index (χ2n) is 6.60. The average molecular weight is 281 g/mol. The number of hydrogen-bond donors (Lipinski definition) is 1. The summed E-state index contributed by atoms with van der Waals surface area (Å²) in [6, 6.07) is 9.03. The Morgan fingerprint density at radius 3 is 2.48 bits per heavy atom. The molecule has 2 N–H and O–H groups in total. The summed E-state index contributed by atoms with van der Waals surface area (Å²) in [5, 5.41) is 0. The molecule has 110 valence electrons. The van der Waals surface area contributed by atoms with Gasteiger partial charge in [0, 0.05) is 17.5 Å². The number of aryl methyl sites for hydroxylation is 1. The lowest BCUT2D eigenvalue weighted by Crippen LogP contribution is -2.08. The van der Waals surface area contributed by atoms with E-state index in [1.54, 1.807) is 0 Å². The molecule has 3 heteroatoms. The Labute approximate surface area is 126 Å². The maximum absolute atomic E-state index is 6.51. The molecule has 0 amide bonds. The van der Waals surface area contributed by atoms with Crippen molar-refractivity contribution >= 4 is 5.82 Å². The molecule has 0 atom stereocenters. The van der Waals surface area contributed by atoms with Gasteiger partial charge in [0.1, 0.15) is 17.3 Å². The van der Waals surface area contributed by atoms with E-state index in [-0.39, 0.29) is 0 Å². The van der Waals surface area contributed by atoms with E-state index >= 15 is 0 Å². The maximum atomic E-state index is 6.51. The molecule has 0 radical (unpaired) electrons. The van der Waals surface area contributed by atoms with Crippen LogP contribution < -0.4 is 5.73 Å². The van der Waals surface area contributed by atoms with E-state index in [9.17, 15) is 0 Å². The molecule has 1 aromatic heterocycles. The summed E-state index contributed by atoms with van der Waals surface area (Å²) in [5.74, 6) is 2.75. The third kappa shape index (κ3) is 2.15. The van der Waals surface area contributed by atoms with Gasteiger partial charge in [-0.25, -0.2) is 4.98 Å². The smallest absolute Gasteiger partial charge is 0.132 e. The van der Waals surface area contributed by atoms with Crippen molar-refractivity contribution in [2.45, 2.75) is 57.4 Å². The van der Waals surface area contributed by atoms with Gasteiger partial charge in [0.05, 0.1) is 0 Å². The van der Waals surface area contributed by atoms with Crippen LogP contribution >= 0.6 is 0 Å². The van der Waals surface area contributed by atoms with Gasteiger partial charge in [0.25, 0.3) is 0 Å². The Hall–Kier alpha value is -1.77. The van der Waals surface area contributed by atoms with Crippen LogP contribution in [0, 0.1) is 6.92 Å². The van der Waals surface area contributed by atoms with Gasteiger partial charge in [-0.3, -0.25) is 0 Å². The van der Waals surface area contributed by atoms with Gasteiger partial charge in [-0.1, -0.05) is 37.1 Å². The van der Waals surface area contributed by atoms with Crippen LogP contribution in [0.1, 0.15) is 61.9 Å². The normalized spacial score (nSPS) is 19.3. The number of nitrogens with zero attached hydrogens (tertiary/aromatic N) is 2. The molecule has 0 unspecified atom stereocenters. The van der Waals surface area contributed by atoms with Crippen LogP contribution in [0.4, 0.5) is 5.82 Å². The highest BCUT2D eigenvalue weighted by Gasteiger charge is 2.33. The largest absolute Gasteiger partial charge is 0.383 e. The summed E-state index contributed by atoms with van der Waals surface area (Å²) in [6.45, 7) is 2.14. The van der Waals surface area contributed by atoms with Gasteiger partial charge in [0.15, 0.2) is 0 Å². The molecule has 2 aromatic rings. The number of nitrogen functional groups attached to an aromatic ring is 1. The number of anilines is 1. The number of hydrogen-bond acceptors (Lipinski definition) is 2. The van der Waals surface area contributed by atoms with E-state index in [1.807, 2.05) is 0 Å². The Bertz CT molecular complexity index is 661. The standard InChI is InChI=1S/C18H23N3/c1-12-6-2-5-9-15(12)16-17(19)21(14-10-11-14)18(20-16)13-7-3-4-8-13/h2,5-6,9,13-14H,3-4,7-8,10-11,19H2,1H3. The first-order chi connectivity index (χ1) is 10.3. The van der Waals surface area contributed by atoms with Crippen LogP contribution in [0.15, 0.2) is 24.3 Å². The van der Waals surface area contributed by atoms with E-state index in [0.717, 1.165) is 11.5 Å². The van der Waals surface area contributed by atoms with Crippen molar-refractivity contribution in [3.63, 3.8) is 0 Å². The fourth-order valence-electron chi connectivity index (χ4n) is 3.69. The zero-order valence-corrected chi connectivity index (χ0v) is 12.7. The van der Waals surface area contributed by atoms with E-state index < -0.39 is 0 Å². The topological polar surface area (TPSA) is 43.8 Å². The van der Waals surface area contributed by atoms with Crippen LogP contribution in [0.3, 0.4) is 0 Å². The molecule has 1 aromatic carbocycles. The zero-order chi connectivity index (χ0) is 14.4. The highest BCUT2D eigenvalue weighted by atomic mass is 15.2. The van der Waals surface area contributed by atoms with Gasteiger partial charge >= 0.3 is 0 Å². The molecule has 3 nitrogen and oxygen atoms in total. The van der Waals surface area contributed by atoms with Gasteiger partial charge in [-0.05, 0) is 38.2 Å². The van der Waals surface area contributed by atoms with Gasteiger partial charge in [-0.2, -0.15) is 0 Å². The van der Waals surface area contributed by atoms with Crippen LogP contribution in [0.25, 0.3) is 11.3 Å². The number of aromatic nitrogens is 2. The lowest BCUT2D eigenvalue weighted by molar-refractivity contribution is 0.596. The molecule has 0 spiro atoms. The fraction of sp³-hybridized carbons (Fsp3) is 0.500. The summed E-state index contributed by atoms with van der Waals surface area (Å²) < 4.78 is 2.36. The first kappa shape index (κ1) is 12.9. The second kappa shape index (κ2) is 4.90. The molecule has 2 aliphatic rings. The van der Waals surface area contributed by atoms with Crippen molar-refractivity contribution in [1.82, 2.24) is 9.55 Å². The van der Waals surface area contributed by atoms with Crippen LogP contribution in [-0.2, 0) is 0 Å². The number of nitrogens with two attached hydrogens (primary N) is 1. The van der Waals surface area contributed by atoms with Gasteiger partial charge < -0.3 is 10.3 Å². The lowest BCUT2D eigenvalue weighted by atomic mass is 10.1. The zero-order valence-electron chi connectivity index (χ0n) is 12.7. The van der Waals surface area contributed by atoms with E-state index in [2.05, 4.69) is 35.8 Å². The SMILES string of the molecule is Cc1ccccc1-c1nc(C2CCCC2)n(C2CC2)c1N. The monoisotopic (exact) mass is 281 g/mol. The van der Waals surface area contributed by atoms with Crippen molar-refractivity contribution < 1.29 is 0 Å². The minimum absolute atomic E-state index is 0.603. The van der Waals surface area contributed by atoms with Crippen molar-refractivity contribution in [1.29, 1.82) is 0 Å². The Morgan fingerprint density at radius 2 is 1.81 bits per heavy atom. The molecule has 0 bridgehead atoms. The van der Waals surface area contributed by atoms with Crippen molar-refractivity contribution in [2.24, 2.45) is 0 Å². The molecular formula is C18H23N3. The van der Waals surface area contributed by atoms with Crippen LogP contribution in [0.5, 0.6) is 0 Å². The summed E-state index contributed by atoms with van der Waals surface area (Å²) in [4.78, 5) is 5.02. The summed E-state index contributed by atoms with van der Waals surface area (Å²) in [5.41, 5.74) is 9.96. The van der Waals surface area contributed by atoms with E-state index in [1.165, 1.54) is 55.5 Å².